The van der Waals surface area contributed by atoms with Crippen molar-refractivity contribution in [3.8, 4) is 0 Å². The molecule has 2 rings (SSSR count). The van der Waals surface area contributed by atoms with Crippen molar-refractivity contribution >= 4 is 16.8 Å². The lowest BCUT2D eigenvalue weighted by Crippen LogP contribution is -2.60. The molecule has 5 atom stereocenters. The number of hydrogen-bond donors (Lipinski definition) is 1. The highest BCUT2D eigenvalue weighted by atomic mass is 32.2. The summed E-state index contributed by atoms with van der Waals surface area (Å²) in [5.41, 5.74) is 0. The molecule has 18 heavy (non-hydrogen) atoms. The van der Waals surface area contributed by atoms with Crippen LogP contribution >= 0.6 is 0 Å². The number of fused-ring (bicyclic) bond motifs is 1. The van der Waals surface area contributed by atoms with Gasteiger partial charge in [0, 0.05) is 22.6 Å². The lowest BCUT2D eigenvalue weighted by Gasteiger charge is -2.42. The SMILES string of the molecule is COC(=O)C1CS(=O)C2CC(C(C)C)CCC2N1. The van der Waals surface area contributed by atoms with E-state index < -0.39 is 10.8 Å². The van der Waals surface area contributed by atoms with E-state index in [1.165, 1.54) is 7.11 Å². The number of methoxy groups -OCH3 is 1. The summed E-state index contributed by atoms with van der Waals surface area (Å²) in [6.07, 6.45) is 3.21. The fourth-order valence-corrected chi connectivity index (χ4v) is 4.97. The molecule has 0 aromatic rings. The second-order valence-electron chi connectivity index (χ2n) is 5.75. The maximum absolute atomic E-state index is 12.3. The van der Waals surface area contributed by atoms with E-state index >= 15 is 0 Å². The molecule has 2 fully saturated rings. The lowest BCUT2D eigenvalue weighted by atomic mass is 9.79. The number of nitrogens with one attached hydrogen (secondary N) is 1. The average Bonchev–Trinajstić information content (AvgIpc) is 2.37. The Labute approximate surface area is 111 Å². The minimum absolute atomic E-state index is 0.215. The molecule has 1 aliphatic carbocycles. The molecule has 0 aromatic heterocycles. The molecular formula is C13H23NO3S. The second kappa shape index (κ2) is 5.70. The Balaban J connectivity index is 2.03. The minimum Gasteiger partial charge on any atom is -0.468 e. The standard InChI is InChI=1S/C13H23NO3S/c1-8(2)9-4-5-10-12(6-9)18(16)7-11(14-10)13(15)17-3/h8-12,14H,4-7H2,1-3H3. The van der Waals surface area contributed by atoms with Crippen molar-refractivity contribution in [3.63, 3.8) is 0 Å². The van der Waals surface area contributed by atoms with Gasteiger partial charge in [0.2, 0.25) is 0 Å². The highest BCUT2D eigenvalue weighted by Crippen LogP contribution is 2.34. The van der Waals surface area contributed by atoms with Gasteiger partial charge < -0.3 is 4.74 Å². The highest BCUT2D eigenvalue weighted by molar-refractivity contribution is 7.85. The van der Waals surface area contributed by atoms with E-state index in [0.29, 0.717) is 17.6 Å². The van der Waals surface area contributed by atoms with Gasteiger partial charge in [-0.1, -0.05) is 13.8 Å². The zero-order valence-corrected chi connectivity index (χ0v) is 12.2. The topological polar surface area (TPSA) is 55.4 Å². The van der Waals surface area contributed by atoms with Crippen molar-refractivity contribution in [2.24, 2.45) is 11.8 Å². The summed E-state index contributed by atoms with van der Waals surface area (Å²) < 4.78 is 17.0. The van der Waals surface area contributed by atoms with Crippen molar-refractivity contribution in [2.45, 2.75) is 50.4 Å². The Morgan fingerprint density at radius 2 is 2.11 bits per heavy atom. The molecule has 104 valence electrons. The summed E-state index contributed by atoms with van der Waals surface area (Å²) in [6.45, 7) is 4.48. The molecule has 1 saturated carbocycles. The number of carbonyl (C=O) groups is 1. The van der Waals surface area contributed by atoms with E-state index in [4.69, 9.17) is 4.74 Å². The fourth-order valence-electron chi connectivity index (χ4n) is 3.12. The van der Waals surface area contributed by atoms with Gasteiger partial charge in [-0.05, 0) is 31.1 Å². The van der Waals surface area contributed by atoms with Crippen LogP contribution in [0.4, 0.5) is 0 Å². The first-order valence-corrected chi connectivity index (χ1v) is 8.12. The summed E-state index contributed by atoms with van der Waals surface area (Å²) in [7, 11) is 0.474. The normalized spacial score (nSPS) is 40.3. The van der Waals surface area contributed by atoms with Crippen LogP contribution in [0.15, 0.2) is 0 Å². The van der Waals surface area contributed by atoms with Gasteiger partial charge in [0.05, 0.1) is 12.4 Å². The Morgan fingerprint density at radius 1 is 1.39 bits per heavy atom. The van der Waals surface area contributed by atoms with Gasteiger partial charge >= 0.3 is 5.97 Å². The van der Waals surface area contributed by atoms with Crippen LogP contribution in [0.25, 0.3) is 0 Å². The van der Waals surface area contributed by atoms with E-state index in [1.54, 1.807) is 0 Å². The summed E-state index contributed by atoms with van der Waals surface area (Å²) in [5.74, 6) is 1.44. The van der Waals surface area contributed by atoms with E-state index in [1.807, 2.05) is 0 Å². The maximum Gasteiger partial charge on any atom is 0.323 e. The van der Waals surface area contributed by atoms with Gasteiger partial charge in [-0.25, -0.2) is 0 Å². The molecule has 0 spiro atoms. The molecule has 1 N–H and O–H groups in total. The first-order valence-electron chi connectivity index (χ1n) is 6.74. The molecule has 2 aliphatic rings. The lowest BCUT2D eigenvalue weighted by molar-refractivity contribution is -0.142. The quantitative estimate of drug-likeness (QED) is 0.765. The third-order valence-corrected chi connectivity index (χ3v) is 6.20. The molecule has 0 aromatic carbocycles. The molecule has 1 aliphatic heterocycles. The molecule has 5 heteroatoms. The van der Waals surface area contributed by atoms with Crippen molar-refractivity contribution < 1.29 is 13.7 Å². The highest BCUT2D eigenvalue weighted by Gasteiger charge is 2.42. The van der Waals surface area contributed by atoms with Crippen LogP contribution in [0, 0.1) is 11.8 Å². The monoisotopic (exact) mass is 273 g/mol. The van der Waals surface area contributed by atoms with E-state index in [-0.39, 0.29) is 23.3 Å². The molecule has 0 amide bonds. The number of carbonyl (C=O) groups excluding carboxylic acids is 1. The number of ether oxygens (including phenoxy) is 1. The predicted molar refractivity (Wildman–Crippen MR) is 71.7 cm³/mol. The molecule has 0 radical (unpaired) electrons. The first kappa shape index (κ1) is 14.0. The Kier molecular flexibility index (Phi) is 4.43. The zero-order valence-electron chi connectivity index (χ0n) is 11.3. The predicted octanol–water partition coefficient (Wildman–Crippen LogP) is 1.07. The molecule has 4 nitrogen and oxygen atoms in total. The van der Waals surface area contributed by atoms with E-state index in [0.717, 1.165) is 19.3 Å². The van der Waals surface area contributed by atoms with Crippen LogP contribution < -0.4 is 5.32 Å². The van der Waals surface area contributed by atoms with Crippen molar-refractivity contribution in [1.29, 1.82) is 0 Å². The first-order chi connectivity index (χ1) is 8.52. The van der Waals surface area contributed by atoms with Crippen molar-refractivity contribution in [3.05, 3.63) is 0 Å². The molecular weight excluding hydrogens is 250 g/mol. The molecule has 1 saturated heterocycles. The number of hydrogen-bond acceptors (Lipinski definition) is 4. The number of esters is 1. The largest absolute Gasteiger partial charge is 0.468 e. The summed E-state index contributed by atoms with van der Waals surface area (Å²) in [5, 5.41) is 3.54. The van der Waals surface area contributed by atoms with Crippen molar-refractivity contribution in [2.75, 3.05) is 12.9 Å². The molecule has 5 unspecified atom stereocenters. The summed E-state index contributed by atoms with van der Waals surface area (Å²) in [6, 6.07) is -0.161. The van der Waals surface area contributed by atoms with Gasteiger partial charge in [-0.3, -0.25) is 14.3 Å². The molecule has 0 bridgehead atoms. The third kappa shape index (κ3) is 2.77. The van der Waals surface area contributed by atoms with Gasteiger partial charge in [0.15, 0.2) is 0 Å². The second-order valence-corrected chi connectivity index (χ2v) is 7.45. The van der Waals surface area contributed by atoms with Crippen LogP contribution in [0.2, 0.25) is 0 Å². The van der Waals surface area contributed by atoms with E-state index in [2.05, 4.69) is 19.2 Å². The van der Waals surface area contributed by atoms with Crippen LogP contribution in [-0.2, 0) is 20.3 Å². The zero-order chi connectivity index (χ0) is 13.3. The maximum atomic E-state index is 12.3. The van der Waals surface area contributed by atoms with Gasteiger partial charge in [0.1, 0.15) is 6.04 Å². The molecule has 1 heterocycles. The van der Waals surface area contributed by atoms with Crippen molar-refractivity contribution in [1.82, 2.24) is 5.32 Å². The number of rotatable bonds is 2. The van der Waals surface area contributed by atoms with E-state index in [9.17, 15) is 9.00 Å². The minimum atomic E-state index is -0.910. The van der Waals surface area contributed by atoms with Crippen LogP contribution in [0.3, 0.4) is 0 Å². The average molecular weight is 273 g/mol. The fraction of sp³-hybridized carbons (Fsp3) is 0.923. The summed E-state index contributed by atoms with van der Waals surface area (Å²) in [4.78, 5) is 11.5. The Morgan fingerprint density at radius 3 is 2.72 bits per heavy atom. The third-order valence-electron chi connectivity index (χ3n) is 4.34. The van der Waals surface area contributed by atoms with Crippen LogP contribution in [0.1, 0.15) is 33.1 Å². The summed E-state index contributed by atoms with van der Waals surface area (Å²) >= 11 is 0. The Hall–Kier alpha value is -0.420. The van der Waals surface area contributed by atoms with Crippen LogP contribution in [0.5, 0.6) is 0 Å². The van der Waals surface area contributed by atoms with Gasteiger partial charge in [-0.15, -0.1) is 0 Å². The van der Waals surface area contributed by atoms with Gasteiger partial charge in [-0.2, -0.15) is 0 Å². The van der Waals surface area contributed by atoms with Gasteiger partial charge in [0.25, 0.3) is 0 Å². The Bertz CT molecular complexity index is 345. The van der Waals surface area contributed by atoms with Crippen LogP contribution in [-0.4, -0.2) is 40.4 Å². The smallest absolute Gasteiger partial charge is 0.323 e.